The summed E-state index contributed by atoms with van der Waals surface area (Å²) in [4.78, 5) is 28.8. The van der Waals surface area contributed by atoms with Gasteiger partial charge in [0.25, 0.3) is 0 Å². The third-order valence-electron chi connectivity index (χ3n) is 14.0. The van der Waals surface area contributed by atoms with Crippen LogP contribution in [0.25, 0.3) is 63.4 Å². The summed E-state index contributed by atoms with van der Waals surface area (Å²) in [5.41, 5.74) is 6.65. The van der Waals surface area contributed by atoms with E-state index < -0.39 is 0 Å². The van der Waals surface area contributed by atoms with Gasteiger partial charge >= 0.3 is 0 Å². The Morgan fingerprint density at radius 2 is 0.393 bits per heavy atom. The third kappa shape index (κ3) is 19.3. The highest BCUT2D eigenvalue weighted by Crippen LogP contribution is 2.40. The Balaban J connectivity index is 0.884. The van der Waals surface area contributed by atoms with Crippen LogP contribution in [0.15, 0.2) is 109 Å². The van der Waals surface area contributed by atoms with Gasteiger partial charge in [-0.2, -0.15) is 0 Å². The largest absolute Gasteiger partial charge is 0.377 e. The van der Waals surface area contributed by atoms with Crippen LogP contribution in [0.2, 0.25) is 0 Å². The fraction of sp³-hybridized carbons (Fsp3) is 0.476. The number of anilines is 3. The molecule has 0 unspecified atom stereocenters. The molecule has 0 N–H and O–H groups in total. The molecule has 3 fully saturated rings. The van der Waals surface area contributed by atoms with Gasteiger partial charge in [0.1, 0.15) is 0 Å². The molecule has 0 spiro atoms. The van der Waals surface area contributed by atoms with Gasteiger partial charge in [-0.3, -0.25) is 0 Å². The zero-order chi connectivity index (χ0) is 57.1. The van der Waals surface area contributed by atoms with Gasteiger partial charge in [-0.05, 0) is 89.5 Å². The Hall–Kier alpha value is -5.31. The van der Waals surface area contributed by atoms with Crippen LogP contribution in [0.3, 0.4) is 0 Å². The average molecular weight is 1210 g/mol. The maximum Gasteiger partial charge on any atom is 0.174 e. The van der Waals surface area contributed by atoms with Gasteiger partial charge in [0.15, 0.2) is 17.5 Å². The molecule has 0 bridgehead atoms. The number of ether oxygens (including phenoxy) is 12. The normalized spacial score (nSPS) is 18.8. The minimum Gasteiger partial charge on any atom is -0.377 e. The highest BCUT2D eigenvalue weighted by molar-refractivity contribution is 7.19. The highest BCUT2D eigenvalue weighted by atomic mass is 32.1. The molecule has 3 aliphatic heterocycles. The number of hydrogen-bond donors (Lipinski definition) is 0. The summed E-state index contributed by atoms with van der Waals surface area (Å²) in [5, 5.41) is 0. The number of aromatic nitrogens is 3. The fourth-order valence-corrected chi connectivity index (χ4v) is 12.3. The van der Waals surface area contributed by atoms with Gasteiger partial charge < -0.3 is 71.5 Å². The van der Waals surface area contributed by atoms with Crippen LogP contribution in [0.5, 0.6) is 0 Å². The van der Waals surface area contributed by atoms with Crippen molar-refractivity contribution in [2.75, 3.05) is 213 Å². The van der Waals surface area contributed by atoms with E-state index in [0.717, 1.165) is 102 Å². The van der Waals surface area contributed by atoms with Crippen LogP contribution in [0.1, 0.15) is 0 Å². The molecule has 3 aliphatic rings. The van der Waals surface area contributed by atoms with E-state index in [0.29, 0.717) is 176 Å². The molecular weight excluding hydrogens is 1130 g/mol. The summed E-state index contributed by atoms with van der Waals surface area (Å²) in [7, 11) is 0. The van der Waals surface area contributed by atoms with E-state index in [1.165, 1.54) is 0 Å². The molecule has 0 saturated carbocycles. The Kier molecular flexibility index (Phi) is 25.5. The van der Waals surface area contributed by atoms with E-state index in [9.17, 15) is 0 Å². The molecule has 18 nitrogen and oxygen atoms in total. The smallest absolute Gasteiger partial charge is 0.174 e. The molecule has 21 heteroatoms. The van der Waals surface area contributed by atoms with Crippen molar-refractivity contribution in [2.45, 2.75) is 0 Å². The van der Waals surface area contributed by atoms with Crippen LogP contribution in [0.4, 0.5) is 17.1 Å². The van der Waals surface area contributed by atoms with Gasteiger partial charge in [-0.1, -0.05) is 36.4 Å². The van der Waals surface area contributed by atoms with Gasteiger partial charge in [0, 0.05) is 71.0 Å². The van der Waals surface area contributed by atoms with Crippen molar-refractivity contribution in [2.24, 2.45) is 0 Å². The van der Waals surface area contributed by atoms with E-state index >= 15 is 0 Å². The van der Waals surface area contributed by atoms with Crippen molar-refractivity contribution in [3.63, 3.8) is 0 Å². The number of rotatable bonds is 9. The molecule has 0 radical (unpaired) electrons. The second-order valence-corrected chi connectivity index (χ2v) is 23.0. The Labute approximate surface area is 505 Å². The Bertz CT molecular complexity index is 2590. The molecule has 3 aromatic carbocycles. The van der Waals surface area contributed by atoms with Crippen LogP contribution in [-0.2, 0) is 56.8 Å². The van der Waals surface area contributed by atoms with E-state index in [2.05, 4.69) is 124 Å². The minimum absolute atomic E-state index is 0.546. The maximum atomic E-state index is 5.92. The zero-order valence-electron chi connectivity index (χ0n) is 47.9. The number of nitrogens with zero attached hydrogens (tertiary/aromatic N) is 6. The lowest BCUT2D eigenvalue weighted by atomic mass is 10.1. The fourth-order valence-electron chi connectivity index (χ4n) is 9.50. The quantitative estimate of drug-likeness (QED) is 0.134. The van der Waals surface area contributed by atoms with Crippen molar-refractivity contribution >= 4 is 51.1 Å². The van der Waals surface area contributed by atoms with E-state index in [4.69, 9.17) is 71.8 Å². The van der Waals surface area contributed by atoms with Gasteiger partial charge in [-0.15, -0.1) is 34.0 Å². The minimum atomic E-state index is 0.546. The first kappa shape index (κ1) is 61.8. The molecule has 0 aliphatic carbocycles. The monoisotopic (exact) mass is 1210 g/mol. The van der Waals surface area contributed by atoms with Crippen LogP contribution in [0, 0.1) is 0 Å². The van der Waals surface area contributed by atoms with Crippen LogP contribution >= 0.6 is 34.0 Å². The molecule has 4 aromatic heterocycles. The summed E-state index contributed by atoms with van der Waals surface area (Å²) < 4.78 is 69.3. The zero-order valence-corrected chi connectivity index (χ0v) is 50.4. The molecular formula is C63H78N6O12S3. The van der Waals surface area contributed by atoms with Crippen molar-refractivity contribution in [1.82, 2.24) is 15.0 Å². The van der Waals surface area contributed by atoms with Crippen LogP contribution in [-0.4, -0.2) is 213 Å². The van der Waals surface area contributed by atoms with Crippen molar-refractivity contribution in [3.8, 4) is 63.4 Å². The predicted octanol–water partition coefficient (Wildman–Crippen LogP) is 9.72. The number of benzene rings is 3. The van der Waals surface area contributed by atoms with E-state index in [1.54, 1.807) is 34.0 Å². The lowest BCUT2D eigenvalue weighted by Gasteiger charge is -2.25. The molecule has 0 atom stereocenters. The summed E-state index contributed by atoms with van der Waals surface area (Å²) in [5.74, 6) is 1.88. The average Bonchev–Trinajstić information content (AvgIpc) is 4.28. The molecule has 0 amide bonds. The van der Waals surface area contributed by atoms with E-state index in [-0.39, 0.29) is 0 Å². The molecule has 7 heterocycles. The van der Waals surface area contributed by atoms with Crippen LogP contribution < -0.4 is 14.7 Å². The third-order valence-corrected chi connectivity index (χ3v) is 17.4. The summed E-state index contributed by atoms with van der Waals surface area (Å²) in [6, 6.07) is 39.0. The summed E-state index contributed by atoms with van der Waals surface area (Å²) >= 11 is 5.02. The summed E-state index contributed by atoms with van der Waals surface area (Å²) in [6.07, 6.45) is 0. The lowest BCUT2D eigenvalue weighted by molar-refractivity contribution is 0.00206. The second kappa shape index (κ2) is 34.7. The first-order valence-corrected chi connectivity index (χ1v) is 31.7. The van der Waals surface area contributed by atoms with Crippen molar-refractivity contribution in [1.29, 1.82) is 0 Å². The molecule has 10 rings (SSSR count). The molecule has 7 aromatic rings. The van der Waals surface area contributed by atoms with E-state index in [1.807, 2.05) is 0 Å². The van der Waals surface area contributed by atoms with Crippen molar-refractivity contribution in [3.05, 3.63) is 109 Å². The second-order valence-electron chi connectivity index (χ2n) is 19.7. The summed E-state index contributed by atoms with van der Waals surface area (Å²) in [6.45, 7) is 17.8. The number of hydrogen-bond acceptors (Lipinski definition) is 21. The van der Waals surface area contributed by atoms with Gasteiger partial charge in [0.05, 0.1) is 173 Å². The molecule has 3 saturated heterocycles. The highest BCUT2D eigenvalue weighted by Gasteiger charge is 2.20. The lowest BCUT2D eigenvalue weighted by Crippen LogP contribution is -2.31. The number of thiophene rings is 3. The van der Waals surface area contributed by atoms with Gasteiger partial charge in [-0.25, -0.2) is 15.0 Å². The first-order chi connectivity index (χ1) is 41.7. The molecule has 450 valence electrons. The van der Waals surface area contributed by atoms with Crippen molar-refractivity contribution < 1.29 is 56.8 Å². The maximum absolute atomic E-state index is 5.92. The SMILES string of the molecule is c1cc(N2CCOCCOCCOCCOCC2)ccc1-c1ccc(-c2nc(-c3ccc(-c4ccc(N5CCOCCOCCOCCOCC5)cc4)s3)nc(-c3ccc(-c4ccc(N5CCOCCOCCOCCOCC5)cc4)s3)n2)s1. The Morgan fingerprint density at radius 3 is 0.595 bits per heavy atom. The predicted molar refractivity (Wildman–Crippen MR) is 333 cm³/mol. The topological polar surface area (TPSA) is 159 Å². The standard InChI is InChI=1S/C63H78N6O12S3/c1-7-52(67-19-25-70-31-37-76-43-44-77-38-32-71-26-20-67)8-2-49(1)55-13-16-58(82-55)61-64-62(59-17-14-56(83-59)50-3-9-53(10-4-50)68-21-27-72-33-39-78-45-46-79-40-34-73-28-22-68)66-63(65-61)60-18-15-57(84-60)51-5-11-54(12-6-51)69-23-29-74-35-41-80-47-48-81-42-36-75-30-24-69/h1-18H,19-48H2. The van der Waals surface area contributed by atoms with Gasteiger partial charge in [0.2, 0.25) is 0 Å². The first-order valence-electron chi connectivity index (χ1n) is 29.3. The molecule has 84 heavy (non-hydrogen) atoms. The Morgan fingerprint density at radius 1 is 0.214 bits per heavy atom.